The summed E-state index contributed by atoms with van der Waals surface area (Å²) in [5.41, 5.74) is 5.49. The topological polar surface area (TPSA) is 29.9 Å². The van der Waals surface area contributed by atoms with Gasteiger partial charge in [0, 0.05) is 29.1 Å². The molecule has 1 unspecified atom stereocenters. The summed E-state index contributed by atoms with van der Waals surface area (Å²) in [5.74, 6) is 2.66. The Kier molecular flexibility index (Phi) is 4.14. The molecule has 0 bridgehead atoms. The molecule has 1 N–H and O–H groups in total. The van der Waals surface area contributed by atoms with Crippen LogP contribution in [0.2, 0.25) is 0 Å². The molecule has 1 aromatic heterocycles. The third kappa shape index (κ3) is 2.70. The van der Waals surface area contributed by atoms with Gasteiger partial charge < -0.3 is 5.32 Å². The van der Waals surface area contributed by atoms with Gasteiger partial charge in [0.15, 0.2) is 0 Å². The Labute approximate surface area is 121 Å². The van der Waals surface area contributed by atoms with Crippen LogP contribution in [-0.4, -0.2) is 9.78 Å². The van der Waals surface area contributed by atoms with E-state index in [2.05, 4.69) is 44.0 Å². The molecule has 1 heterocycles. The van der Waals surface area contributed by atoms with Crippen LogP contribution in [0.5, 0.6) is 0 Å². The maximum absolute atomic E-state index is 5.44. The number of anilines is 1. The van der Waals surface area contributed by atoms with Crippen LogP contribution in [0.15, 0.2) is 24.3 Å². The zero-order valence-electron chi connectivity index (χ0n) is 12.6. The van der Waals surface area contributed by atoms with Gasteiger partial charge >= 0.3 is 0 Å². The van der Waals surface area contributed by atoms with Gasteiger partial charge in [-0.05, 0) is 45.9 Å². The number of nitrogens with one attached hydrogen (secondary N) is 1. The van der Waals surface area contributed by atoms with Crippen molar-refractivity contribution in [3.8, 4) is 12.3 Å². The number of nitrogens with zero attached hydrogens (tertiary/aromatic N) is 2. The van der Waals surface area contributed by atoms with Gasteiger partial charge in [-0.25, -0.2) is 0 Å². The van der Waals surface area contributed by atoms with Crippen molar-refractivity contribution < 1.29 is 0 Å². The third-order valence-corrected chi connectivity index (χ3v) is 3.58. The molecule has 1 aromatic carbocycles. The first-order chi connectivity index (χ1) is 9.56. The van der Waals surface area contributed by atoms with Crippen LogP contribution in [0.1, 0.15) is 42.4 Å². The summed E-state index contributed by atoms with van der Waals surface area (Å²) in [6.07, 6.45) is 5.44. The molecule has 0 amide bonds. The standard InChI is InChI=1S/C17H21N3/c1-6-15-9-8-10-16(11-15)18-12(3)17-13(4)19-20(7-2)14(17)5/h1,8-12,18H,7H2,2-5H3. The first-order valence-corrected chi connectivity index (χ1v) is 6.94. The first-order valence-electron chi connectivity index (χ1n) is 6.94. The Balaban J connectivity index is 2.26. The summed E-state index contributed by atoms with van der Waals surface area (Å²) in [6, 6.07) is 8.13. The molecule has 0 aliphatic carbocycles. The van der Waals surface area contributed by atoms with E-state index >= 15 is 0 Å². The second-order valence-electron chi connectivity index (χ2n) is 4.99. The van der Waals surface area contributed by atoms with Gasteiger partial charge in [0.2, 0.25) is 0 Å². The van der Waals surface area contributed by atoms with Crippen molar-refractivity contribution in [2.75, 3.05) is 5.32 Å². The molecule has 0 radical (unpaired) electrons. The fourth-order valence-corrected chi connectivity index (χ4v) is 2.67. The summed E-state index contributed by atoms with van der Waals surface area (Å²) in [6.45, 7) is 9.34. The zero-order chi connectivity index (χ0) is 14.7. The molecule has 20 heavy (non-hydrogen) atoms. The number of hydrogen-bond acceptors (Lipinski definition) is 2. The quantitative estimate of drug-likeness (QED) is 0.856. The number of benzene rings is 1. The summed E-state index contributed by atoms with van der Waals surface area (Å²) in [4.78, 5) is 0. The van der Waals surface area contributed by atoms with Crippen LogP contribution in [0.25, 0.3) is 0 Å². The second kappa shape index (κ2) is 5.83. The minimum absolute atomic E-state index is 0.198. The number of hydrogen-bond donors (Lipinski definition) is 1. The average molecular weight is 267 g/mol. The minimum Gasteiger partial charge on any atom is -0.378 e. The summed E-state index contributed by atoms with van der Waals surface area (Å²) < 4.78 is 2.04. The second-order valence-corrected chi connectivity index (χ2v) is 4.99. The normalized spacial score (nSPS) is 11.9. The van der Waals surface area contributed by atoms with Crippen LogP contribution < -0.4 is 5.32 Å². The van der Waals surface area contributed by atoms with Crippen molar-refractivity contribution in [2.24, 2.45) is 0 Å². The van der Waals surface area contributed by atoms with Gasteiger partial charge in [0.25, 0.3) is 0 Å². The van der Waals surface area contributed by atoms with E-state index in [-0.39, 0.29) is 6.04 Å². The van der Waals surface area contributed by atoms with Crippen molar-refractivity contribution >= 4 is 5.69 Å². The molecular weight excluding hydrogens is 246 g/mol. The van der Waals surface area contributed by atoms with Gasteiger partial charge in [-0.15, -0.1) is 6.42 Å². The van der Waals surface area contributed by atoms with Crippen molar-refractivity contribution in [3.05, 3.63) is 46.8 Å². The Bertz CT molecular complexity index is 647. The van der Waals surface area contributed by atoms with Gasteiger partial charge in [0.05, 0.1) is 11.7 Å². The van der Waals surface area contributed by atoms with Crippen molar-refractivity contribution in [1.82, 2.24) is 9.78 Å². The highest BCUT2D eigenvalue weighted by atomic mass is 15.3. The maximum atomic E-state index is 5.44. The summed E-state index contributed by atoms with van der Waals surface area (Å²) in [5, 5.41) is 8.07. The van der Waals surface area contributed by atoms with E-state index in [0.29, 0.717) is 0 Å². The predicted octanol–water partition coefficient (Wildman–Crippen LogP) is 3.67. The van der Waals surface area contributed by atoms with Crippen molar-refractivity contribution in [3.63, 3.8) is 0 Å². The largest absolute Gasteiger partial charge is 0.378 e. The van der Waals surface area contributed by atoms with Gasteiger partial charge in [-0.3, -0.25) is 4.68 Å². The molecular formula is C17H21N3. The molecule has 0 saturated carbocycles. The van der Waals surface area contributed by atoms with Gasteiger partial charge in [-0.1, -0.05) is 12.0 Å². The van der Waals surface area contributed by atoms with Crippen molar-refractivity contribution in [2.45, 2.75) is 40.3 Å². The van der Waals surface area contributed by atoms with E-state index in [0.717, 1.165) is 23.5 Å². The molecule has 0 fully saturated rings. The van der Waals surface area contributed by atoms with Crippen LogP contribution in [0.4, 0.5) is 5.69 Å². The Morgan fingerprint density at radius 1 is 1.40 bits per heavy atom. The fourth-order valence-electron chi connectivity index (χ4n) is 2.67. The summed E-state index contributed by atoms with van der Waals surface area (Å²) >= 11 is 0. The molecule has 1 atom stereocenters. The SMILES string of the molecule is C#Cc1cccc(NC(C)c2c(C)nn(CC)c2C)c1. The monoisotopic (exact) mass is 267 g/mol. The van der Waals surface area contributed by atoms with E-state index < -0.39 is 0 Å². The van der Waals surface area contributed by atoms with Crippen LogP contribution >= 0.6 is 0 Å². The van der Waals surface area contributed by atoms with Crippen LogP contribution in [-0.2, 0) is 6.54 Å². The predicted molar refractivity (Wildman–Crippen MR) is 83.8 cm³/mol. The molecule has 0 aliphatic heterocycles. The van der Waals surface area contributed by atoms with E-state index in [4.69, 9.17) is 6.42 Å². The van der Waals surface area contributed by atoms with Crippen LogP contribution in [0, 0.1) is 26.2 Å². The Morgan fingerprint density at radius 2 is 2.15 bits per heavy atom. The molecule has 3 heteroatoms. The highest BCUT2D eigenvalue weighted by molar-refractivity contribution is 5.51. The first kappa shape index (κ1) is 14.2. The Morgan fingerprint density at radius 3 is 2.75 bits per heavy atom. The molecule has 104 valence electrons. The van der Waals surface area contributed by atoms with Gasteiger partial charge in [-0.2, -0.15) is 5.10 Å². The molecule has 3 nitrogen and oxygen atoms in total. The molecule has 2 aromatic rings. The smallest absolute Gasteiger partial charge is 0.0649 e. The van der Waals surface area contributed by atoms with E-state index in [1.54, 1.807) is 0 Å². The highest BCUT2D eigenvalue weighted by Gasteiger charge is 2.16. The summed E-state index contributed by atoms with van der Waals surface area (Å²) in [7, 11) is 0. The van der Waals surface area contributed by atoms with Crippen LogP contribution in [0.3, 0.4) is 0 Å². The highest BCUT2D eigenvalue weighted by Crippen LogP contribution is 2.25. The number of aromatic nitrogens is 2. The van der Waals surface area contributed by atoms with Gasteiger partial charge in [0.1, 0.15) is 0 Å². The van der Waals surface area contributed by atoms with Crippen molar-refractivity contribution in [1.29, 1.82) is 0 Å². The van der Waals surface area contributed by atoms with E-state index in [1.807, 2.05) is 28.9 Å². The maximum Gasteiger partial charge on any atom is 0.0649 e. The third-order valence-electron chi connectivity index (χ3n) is 3.58. The van der Waals surface area contributed by atoms with E-state index in [9.17, 15) is 0 Å². The lowest BCUT2D eigenvalue weighted by Crippen LogP contribution is -2.09. The number of terminal acetylenes is 1. The molecule has 0 spiro atoms. The lowest BCUT2D eigenvalue weighted by molar-refractivity contribution is 0.632. The average Bonchev–Trinajstić information content (AvgIpc) is 2.73. The lowest BCUT2D eigenvalue weighted by atomic mass is 10.1. The Hall–Kier alpha value is -2.21. The molecule has 0 saturated heterocycles. The molecule has 0 aliphatic rings. The lowest BCUT2D eigenvalue weighted by Gasteiger charge is -2.16. The fraction of sp³-hybridized carbons (Fsp3) is 0.353. The number of aryl methyl sites for hydroxylation is 2. The zero-order valence-corrected chi connectivity index (χ0v) is 12.6. The minimum atomic E-state index is 0.198. The molecule has 2 rings (SSSR count). The number of rotatable bonds is 4. The van der Waals surface area contributed by atoms with E-state index in [1.165, 1.54) is 11.3 Å².